The summed E-state index contributed by atoms with van der Waals surface area (Å²) in [5.41, 5.74) is 3.05. The highest BCUT2D eigenvalue weighted by molar-refractivity contribution is 5.94. The van der Waals surface area contributed by atoms with Gasteiger partial charge in [0.2, 0.25) is 0 Å². The van der Waals surface area contributed by atoms with Gasteiger partial charge in [-0.1, -0.05) is 36.2 Å². The van der Waals surface area contributed by atoms with Crippen molar-refractivity contribution in [2.24, 2.45) is 0 Å². The molecule has 3 rings (SSSR count). The Morgan fingerprint density at radius 2 is 1.85 bits per heavy atom. The van der Waals surface area contributed by atoms with Crippen LogP contribution in [0.5, 0.6) is 5.75 Å². The van der Waals surface area contributed by atoms with Crippen molar-refractivity contribution in [1.29, 1.82) is 0 Å². The Bertz CT molecular complexity index is 721. The summed E-state index contributed by atoms with van der Waals surface area (Å²) in [6.45, 7) is 4.77. The SMILES string of the molecule is COc1cccc(C(CNC(=O)c2ccc(C)cc2)N2CCCCC2)c1. The Balaban J connectivity index is 1.74. The summed E-state index contributed by atoms with van der Waals surface area (Å²) < 4.78 is 5.39. The van der Waals surface area contributed by atoms with Crippen molar-refractivity contribution in [3.8, 4) is 5.75 Å². The highest BCUT2D eigenvalue weighted by atomic mass is 16.5. The lowest BCUT2D eigenvalue weighted by atomic mass is 10.0. The van der Waals surface area contributed by atoms with Crippen LogP contribution in [0, 0.1) is 6.92 Å². The van der Waals surface area contributed by atoms with E-state index in [9.17, 15) is 4.79 Å². The van der Waals surface area contributed by atoms with Gasteiger partial charge >= 0.3 is 0 Å². The van der Waals surface area contributed by atoms with Crippen LogP contribution in [0.15, 0.2) is 48.5 Å². The zero-order chi connectivity index (χ0) is 18.4. The number of benzene rings is 2. The predicted molar refractivity (Wildman–Crippen MR) is 105 cm³/mol. The third-order valence-electron chi connectivity index (χ3n) is 5.08. The molecule has 4 nitrogen and oxygen atoms in total. The third kappa shape index (κ3) is 4.64. The van der Waals surface area contributed by atoms with Crippen LogP contribution in [0.25, 0.3) is 0 Å². The van der Waals surface area contributed by atoms with Crippen molar-refractivity contribution in [3.05, 3.63) is 65.2 Å². The molecule has 0 spiro atoms. The Morgan fingerprint density at radius 3 is 2.54 bits per heavy atom. The first-order valence-electron chi connectivity index (χ1n) is 9.40. The third-order valence-corrected chi connectivity index (χ3v) is 5.08. The number of piperidine rings is 1. The maximum atomic E-state index is 12.5. The minimum Gasteiger partial charge on any atom is -0.497 e. The van der Waals surface area contributed by atoms with E-state index in [-0.39, 0.29) is 11.9 Å². The first kappa shape index (κ1) is 18.5. The summed E-state index contributed by atoms with van der Waals surface area (Å²) in [5, 5.41) is 3.13. The minimum absolute atomic E-state index is 0.0186. The molecular formula is C22H28N2O2. The van der Waals surface area contributed by atoms with Gasteiger partial charge in [-0.05, 0) is 62.7 Å². The molecule has 0 aliphatic carbocycles. The van der Waals surface area contributed by atoms with Crippen LogP contribution in [0.3, 0.4) is 0 Å². The van der Waals surface area contributed by atoms with Crippen LogP contribution in [-0.2, 0) is 0 Å². The van der Waals surface area contributed by atoms with Crippen molar-refractivity contribution in [3.63, 3.8) is 0 Å². The Labute approximate surface area is 156 Å². The second-order valence-electron chi connectivity index (χ2n) is 6.97. The monoisotopic (exact) mass is 352 g/mol. The number of aryl methyl sites for hydroxylation is 1. The summed E-state index contributed by atoms with van der Waals surface area (Å²) in [4.78, 5) is 15.0. The van der Waals surface area contributed by atoms with Gasteiger partial charge in [-0.15, -0.1) is 0 Å². The molecule has 1 unspecified atom stereocenters. The Kier molecular flexibility index (Phi) is 6.29. The van der Waals surface area contributed by atoms with Crippen LogP contribution in [0.1, 0.15) is 46.8 Å². The molecule has 26 heavy (non-hydrogen) atoms. The highest BCUT2D eigenvalue weighted by Gasteiger charge is 2.23. The molecule has 4 heteroatoms. The molecule has 2 aromatic rings. The number of ether oxygens (including phenoxy) is 1. The summed E-state index contributed by atoms with van der Waals surface area (Å²) >= 11 is 0. The fourth-order valence-electron chi connectivity index (χ4n) is 3.53. The molecular weight excluding hydrogens is 324 g/mol. The molecule has 0 bridgehead atoms. The summed E-state index contributed by atoms with van der Waals surface area (Å²) in [6, 6.07) is 16.1. The van der Waals surface area contributed by atoms with Gasteiger partial charge in [0.25, 0.3) is 5.91 Å². The van der Waals surface area contributed by atoms with Crippen molar-refractivity contribution in [1.82, 2.24) is 10.2 Å². The molecule has 138 valence electrons. The van der Waals surface area contributed by atoms with E-state index in [1.807, 2.05) is 43.3 Å². The lowest BCUT2D eigenvalue weighted by Crippen LogP contribution is -2.40. The fourth-order valence-corrected chi connectivity index (χ4v) is 3.53. The maximum absolute atomic E-state index is 12.5. The highest BCUT2D eigenvalue weighted by Crippen LogP contribution is 2.26. The Hall–Kier alpha value is -2.33. The number of carbonyl (C=O) groups is 1. The van der Waals surface area contributed by atoms with Gasteiger partial charge in [0.05, 0.1) is 13.2 Å². The molecule has 1 N–H and O–H groups in total. The quantitative estimate of drug-likeness (QED) is 0.855. The van der Waals surface area contributed by atoms with Crippen molar-refractivity contribution in [2.75, 3.05) is 26.7 Å². The molecule has 0 radical (unpaired) electrons. The first-order valence-corrected chi connectivity index (χ1v) is 9.40. The number of hydrogen-bond acceptors (Lipinski definition) is 3. The number of hydrogen-bond donors (Lipinski definition) is 1. The van der Waals surface area contributed by atoms with Gasteiger partial charge in [0, 0.05) is 12.1 Å². The van der Waals surface area contributed by atoms with Crippen LogP contribution in [0.4, 0.5) is 0 Å². The van der Waals surface area contributed by atoms with Gasteiger partial charge < -0.3 is 10.1 Å². The molecule has 1 amide bonds. The Morgan fingerprint density at radius 1 is 1.12 bits per heavy atom. The van der Waals surface area contributed by atoms with E-state index in [1.165, 1.54) is 24.8 Å². The van der Waals surface area contributed by atoms with Gasteiger partial charge in [-0.3, -0.25) is 9.69 Å². The van der Waals surface area contributed by atoms with E-state index in [0.29, 0.717) is 12.1 Å². The number of methoxy groups -OCH3 is 1. The number of carbonyl (C=O) groups excluding carboxylic acids is 1. The molecule has 1 atom stereocenters. The van der Waals surface area contributed by atoms with Gasteiger partial charge in [-0.25, -0.2) is 0 Å². The normalized spacial score (nSPS) is 16.1. The molecule has 0 aromatic heterocycles. The van der Waals surface area contributed by atoms with E-state index < -0.39 is 0 Å². The predicted octanol–water partition coefficient (Wildman–Crippen LogP) is 3.96. The van der Waals surface area contributed by atoms with E-state index in [4.69, 9.17) is 4.74 Å². The second-order valence-corrected chi connectivity index (χ2v) is 6.97. The second kappa shape index (κ2) is 8.86. The molecule has 1 heterocycles. The van der Waals surface area contributed by atoms with Crippen molar-refractivity contribution >= 4 is 5.91 Å². The zero-order valence-corrected chi connectivity index (χ0v) is 15.7. The minimum atomic E-state index is -0.0186. The molecule has 1 aliphatic rings. The smallest absolute Gasteiger partial charge is 0.251 e. The topological polar surface area (TPSA) is 41.6 Å². The number of likely N-dealkylation sites (tertiary alicyclic amines) is 1. The standard InChI is InChI=1S/C22H28N2O2/c1-17-9-11-18(12-10-17)22(25)23-16-21(24-13-4-3-5-14-24)19-7-6-8-20(15-19)26-2/h6-12,15,21H,3-5,13-14,16H2,1-2H3,(H,23,25). The number of rotatable bonds is 6. The van der Waals surface area contributed by atoms with Gasteiger partial charge in [-0.2, -0.15) is 0 Å². The number of amides is 1. The maximum Gasteiger partial charge on any atom is 0.251 e. The average Bonchev–Trinajstić information content (AvgIpc) is 2.69. The van der Waals surface area contributed by atoms with Gasteiger partial charge in [0.15, 0.2) is 0 Å². The van der Waals surface area contributed by atoms with E-state index in [0.717, 1.165) is 24.4 Å². The summed E-state index contributed by atoms with van der Waals surface area (Å²) in [6.07, 6.45) is 3.72. The molecule has 1 fully saturated rings. The number of nitrogens with one attached hydrogen (secondary N) is 1. The van der Waals surface area contributed by atoms with E-state index in [1.54, 1.807) is 7.11 Å². The summed E-state index contributed by atoms with van der Waals surface area (Å²) in [7, 11) is 1.69. The fraction of sp³-hybridized carbons (Fsp3) is 0.409. The average molecular weight is 352 g/mol. The van der Waals surface area contributed by atoms with Crippen LogP contribution < -0.4 is 10.1 Å². The lowest BCUT2D eigenvalue weighted by molar-refractivity contribution is 0.0924. The molecule has 1 saturated heterocycles. The van der Waals surface area contributed by atoms with Crippen LogP contribution in [0.2, 0.25) is 0 Å². The summed E-state index contributed by atoms with van der Waals surface area (Å²) in [5.74, 6) is 0.837. The van der Waals surface area contributed by atoms with Crippen LogP contribution in [-0.4, -0.2) is 37.6 Å². The van der Waals surface area contributed by atoms with Crippen LogP contribution >= 0.6 is 0 Å². The zero-order valence-electron chi connectivity index (χ0n) is 15.7. The van der Waals surface area contributed by atoms with E-state index in [2.05, 4.69) is 22.3 Å². The van der Waals surface area contributed by atoms with E-state index >= 15 is 0 Å². The first-order chi connectivity index (χ1) is 12.7. The molecule has 1 aliphatic heterocycles. The molecule has 2 aromatic carbocycles. The van der Waals surface area contributed by atoms with Crippen molar-refractivity contribution < 1.29 is 9.53 Å². The molecule has 0 saturated carbocycles. The number of nitrogens with zero attached hydrogens (tertiary/aromatic N) is 1. The largest absolute Gasteiger partial charge is 0.497 e. The van der Waals surface area contributed by atoms with Crippen molar-refractivity contribution in [2.45, 2.75) is 32.2 Å². The lowest BCUT2D eigenvalue weighted by Gasteiger charge is -2.35. The van der Waals surface area contributed by atoms with Gasteiger partial charge in [0.1, 0.15) is 5.75 Å².